The Hall–Kier alpha value is -0.570. The maximum Gasteiger partial charge on any atom is 0.222 e. The van der Waals surface area contributed by atoms with Crippen molar-refractivity contribution in [3.05, 3.63) is 0 Å². The fourth-order valence-corrected chi connectivity index (χ4v) is 2.74. The zero-order valence-corrected chi connectivity index (χ0v) is 13.0. The highest BCUT2D eigenvalue weighted by atomic mass is 16.2. The number of amides is 1. The predicted octanol–water partition coefficient (Wildman–Crippen LogP) is 3.29. The molecule has 0 unspecified atom stereocenters. The van der Waals surface area contributed by atoms with Crippen LogP contribution in [0, 0.1) is 0 Å². The number of rotatable bonds is 9. The lowest BCUT2D eigenvalue weighted by Gasteiger charge is -2.34. The van der Waals surface area contributed by atoms with E-state index in [2.05, 4.69) is 11.8 Å². The van der Waals surface area contributed by atoms with Crippen LogP contribution in [0.2, 0.25) is 0 Å². The minimum atomic E-state index is 0.315. The third kappa shape index (κ3) is 6.95. The van der Waals surface area contributed by atoms with Crippen LogP contribution < -0.4 is 0 Å². The van der Waals surface area contributed by atoms with Gasteiger partial charge >= 0.3 is 0 Å². The van der Waals surface area contributed by atoms with Crippen LogP contribution in [0.4, 0.5) is 0 Å². The van der Waals surface area contributed by atoms with E-state index in [1.54, 1.807) is 0 Å². The van der Waals surface area contributed by atoms with Crippen LogP contribution >= 0.6 is 0 Å². The van der Waals surface area contributed by atoms with Gasteiger partial charge in [-0.3, -0.25) is 9.69 Å². The lowest BCUT2D eigenvalue weighted by molar-refractivity contribution is -0.132. The molecule has 0 atom stereocenters. The summed E-state index contributed by atoms with van der Waals surface area (Å²) in [5.41, 5.74) is 0. The summed E-state index contributed by atoms with van der Waals surface area (Å²) in [7, 11) is 0. The van der Waals surface area contributed by atoms with Crippen molar-refractivity contribution in [1.82, 2.24) is 9.80 Å². The molecule has 1 aliphatic rings. The third-order valence-corrected chi connectivity index (χ3v) is 4.11. The molecule has 1 heterocycles. The van der Waals surface area contributed by atoms with Gasteiger partial charge < -0.3 is 4.90 Å². The van der Waals surface area contributed by atoms with Gasteiger partial charge in [-0.1, -0.05) is 52.4 Å². The smallest absolute Gasteiger partial charge is 0.222 e. The Morgan fingerprint density at radius 2 is 1.42 bits per heavy atom. The molecule has 0 aromatic rings. The van der Waals surface area contributed by atoms with Crippen LogP contribution in [-0.4, -0.2) is 48.4 Å². The Kier molecular flexibility index (Phi) is 8.89. The summed E-state index contributed by atoms with van der Waals surface area (Å²) in [5, 5.41) is 0. The van der Waals surface area contributed by atoms with Gasteiger partial charge in [0.25, 0.3) is 0 Å². The summed E-state index contributed by atoms with van der Waals surface area (Å²) in [6.45, 7) is 9.45. The van der Waals surface area contributed by atoms with Crippen LogP contribution in [0.25, 0.3) is 0 Å². The molecule has 0 N–H and O–H groups in total. The van der Waals surface area contributed by atoms with E-state index in [1.807, 2.05) is 11.8 Å². The lowest BCUT2D eigenvalue weighted by Crippen LogP contribution is -2.48. The van der Waals surface area contributed by atoms with Gasteiger partial charge in [-0.15, -0.1) is 0 Å². The van der Waals surface area contributed by atoms with Gasteiger partial charge in [0.05, 0.1) is 0 Å². The zero-order valence-electron chi connectivity index (χ0n) is 13.0. The highest BCUT2D eigenvalue weighted by molar-refractivity contribution is 5.75. The molecule has 0 aliphatic carbocycles. The number of carbonyl (C=O) groups excluding carboxylic acids is 1. The molecule has 0 radical (unpaired) electrons. The zero-order chi connectivity index (χ0) is 13.9. The summed E-state index contributed by atoms with van der Waals surface area (Å²) in [5.74, 6) is 0.315. The number of piperazine rings is 1. The molecular weight excluding hydrogens is 236 g/mol. The number of nitrogens with zero attached hydrogens (tertiary/aromatic N) is 2. The monoisotopic (exact) mass is 268 g/mol. The van der Waals surface area contributed by atoms with Gasteiger partial charge in [0.15, 0.2) is 0 Å². The van der Waals surface area contributed by atoms with E-state index in [0.717, 1.165) is 26.2 Å². The molecule has 0 spiro atoms. The summed E-state index contributed by atoms with van der Waals surface area (Å²) in [4.78, 5) is 16.1. The minimum Gasteiger partial charge on any atom is -0.340 e. The summed E-state index contributed by atoms with van der Waals surface area (Å²) in [6.07, 6.45) is 10.3. The first-order valence-electron chi connectivity index (χ1n) is 8.28. The molecule has 0 aromatic heterocycles. The number of hydrogen-bond acceptors (Lipinski definition) is 2. The second-order valence-electron chi connectivity index (χ2n) is 5.70. The first kappa shape index (κ1) is 16.5. The minimum absolute atomic E-state index is 0.315. The van der Waals surface area contributed by atoms with Gasteiger partial charge in [0, 0.05) is 32.6 Å². The fraction of sp³-hybridized carbons (Fsp3) is 0.938. The molecular formula is C16H32N2O. The molecule has 1 aliphatic heterocycles. The molecule has 1 fully saturated rings. The Bertz CT molecular complexity index is 235. The maximum atomic E-state index is 11.6. The van der Waals surface area contributed by atoms with E-state index < -0.39 is 0 Å². The summed E-state index contributed by atoms with van der Waals surface area (Å²) in [6, 6.07) is 0. The fourth-order valence-electron chi connectivity index (χ4n) is 2.74. The van der Waals surface area contributed by atoms with Crippen molar-refractivity contribution in [3.63, 3.8) is 0 Å². The molecule has 1 rings (SSSR count). The lowest BCUT2D eigenvalue weighted by atomic mass is 10.1. The van der Waals surface area contributed by atoms with Crippen molar-refractivity contribution in [2.24, 2.45) is 0 Å². The average Bonchev–Trinajstić information content (AvgIpc) is 2.46. The van der Waals surface area contributed by atoms with E-state index in [4.69, 9.17) is 0 Å². The highest BCUT2D eigenvalue weighted by Gasteiger charge is 2.18. The number of carbonyl (C=O) groups is 1. The van der Waals surface area contributed by atoms with Gasteiger partial charge in [-0.05, 0) is 13.0 Å². The van der Waals surface area contributed by atoms with Crippen molar-refractivity contribution < 1.29 is 4.79 Å². The molecule has 3 heteroatoms. The van der Waals surface area contributed by atoms with Crippen LogP contribution in [0.1, 0.15) is 65.2 Å². The van der Waals surface area contributed by atoms with Crippen molar-refractivity contribution in [2.45, 2.75) is 65.2 Å². The molecule has 1 amide bonds. The van der Waals surface area contributed by atoms with Crippen LogP contribution in [0.3, 0.4) is 0 Å². The molecule has 1 saturated heterocycles. The second-order valence-corrected chi connectivity index (χ2v) is 5.70. The van der Waals surface area contributed by atoms with Gasteiger partial charge in [-0.2, -0.15) is 0 Å². The van der Waals surface area contributed by atoms with Crippen molar-refractivity contribution in [2.75, 3.05) is 32.7 Å². The molecule has 112 valence electrons. The largest absolute Gasteiger partial charge is 0.340 e. The highest BCUT2D eigenvalue weighted by Crippen LogP contribution is 2.09. The molecule has 0 aromatic carbocycles. The van der Waals surface area contributed by atoms with Crippen LogP contribution in [0.5, 0.6) is 0 Å². The Balaban J connectivity index is 1.96. The van der Waals surface area contributed by atoms with Gasteiger partial charge in [0.1, 0.15) is 0 Å². The molecule has 19 heavy (non-hydrogen) atoms. The number of unbranched alkanes of at least 4 members (excludes halogenated alkanes) is 6. The third-order valence-electron chi connectivity index (χ3n) is 4.11. The Labute approximate surface area is 119 Å². The Morgan fingerprint density at radius 1 is 0.842 bits per heavy atom. The average molecular weight is 268 g/mol. The van der Waals surface area contributed by atoms with Gasteiger partial charge in [0.2, 0.25) is 5.91 Å². The van der Waals surface area contributed by atoms with E-state index in [1.165, 1.54) is 51.5 Å². The van der Waals surface area contributed by atoms with E-state index in [-0.39, 0.29) is 0 Å². The van der Waals surface area contributed by atoms with E-state index >= 15 is 0 Å². The molecule has 0 bridgehead atoms. The van der Waals surface area contributed by atoms with E-state index in [0.29, 0.717) is 12.3 Å². The first-order chi connectivity index (χ1) is 9.27. The Morgan fingerprint density at radius 3 is 2.00 bits per heavy atom. The number of hydrogen-bond donors (Lipinski definition) is 0. The van der Waals surface area contributed by atoms with Crippen molar-refractivity contribution in [3.8, 4) is 0 Å². The van der Waals surface area contributed by atoms with Crippen LogP contribution in [0.15, 0.2) is 0 Å². The van der Waals surface area contributed by atoms with Crippen LogP contribution in [-0.2, 0) is 4.79 Å². The molecule has 0 saturated carbocycles. The standard InChI is InChI=1S/C16H32N2O/c1-3-5-6-7-8-9-10-11-17-12-14-18(15-13-17)16(19)4-2/h3-15H2,1-2H3. The predicted molar refractivity (Wildman–Crippen MR) is 81.3 cm³/mol. The topological polar surface area (TPSA) is 23.6 Å². The summed E-state index contributed by atoms with van der Waals surface area (Å²) >= 11 is 0. The molecule has 3 nitrogen and oxygen atoms in total. The maximum absolute atomic E-state index is 11.6. The SMILES string of the molecule is CCCCCCCCCN1CCN(C(=O)CC)CC1. The second kappa shape index (κ2) is 10.2. The van der Waals surface area contributed by atoms with Gasteiger partial charge in [-0.25, -0.2) is 0 Å². The van der Waals surface area contributed by atoms with Crippen molar-refractivity contribution in [1.29, 1.82) is 0 Å². The van der Waals surface area contributed by atoms with E-state index in [9.17, 15) is 4.79 Å². The first-order valence-corrected chi connectivity index (χ1v) is 8.28. The summed E-state index contributed by atoms with van der Waals surface area (Å²) < 4.78 is 0. The van der Waals surface area contributed by atoms with Crippen molar-refractivity contribution >= 4 is 5.91 Å². The quantitative estimate of drug-likeness (QED) is 0.599. The normalized spacial score (nSPS) is 16.8.